The lowest BCUT2D eigenvalue weighted by Crippen LogP contribution is -2.35. The molecule has 0 aliphatic heterocycles. The van der Waals surface area contributed by atoms with Crippen molar-refractivity contribution in [3.63, 3.8) is 0 Å². The molecule has 0 fully saturated rings. The van der Waals surface area contributed by atoms with Gasteiger partial charge < -0.3 is 11.1 Å². The summed E-state index contributed by atoms with van der Waals surface area (Å²) in [6.45, 7) is 10.3. The first-order chi connectivity index (χ1) is 7.95. The van der Waals surface area contributed by atoms with Gasteiger partial charge in [0.1, 0.15) is 0 Å². The standard InChI is InChI=1S/C14H24N2S/c1-11(2)17-13-7-5-12(6-8-13)14(3,4)9-16-10-15/h5-8,11,16H,9-10,15H2,1-4H3. The maximum absolute atomic E-state index is 5.48. The van der Waals surface area contributed by atoms with Gasteiger partial charge in [-0.25, -0.2) is 0 Å². The molecule has 3 N–H and O–H groups in total. The highest BCUT2D eigenvalue weighted by atomic mass is 32.2. The minimum Gasteiger partial charge on any atom is -0.318 e. The molecule has 3 heteroatoms. The zero-order chi connectivity index (χ0) is 12.9. The van der Waals surface area contributed by atoms with Gasteiger partial charge in [-0.3, -0.25) is 0 Å². The summed E-state index contributed by atoms with van der Waals surface area (Å²) in [7, 11) is 0. The third kappa shape index (κ3) is 4.70. The Kier molecular flexibility index (Phi) is 5.50. The van der Waals surface area contributed by atoms with Crippen molar-refractivity contribution in [2.75, 3.05) is 13.2 Å². The van der Waals surface area contributed by atoms with Crippen LogP contribution in [0.2, 0.25) is 0 Å². The van der Waals surface area contributed by atoms with Crippen LogP contribution < -0.4 is 11.1 Å². The largest absolute Gasteiger partial charge is 0.318 e. The molecule has 1 rings (SSSR count). The lowest BCUT2D eigenvalue weighted by atomic mass is 9.85. The zero-order valence-corrected chi connectivity index (χ0v) is 12.1. The Balaban J connectivity index is 2.72. The van der Waals surface area contributed by atoms with Gasteiger partial charge >= 0.3 is 0 Å². The van der Waals surface area contributed by atoms with E-state index < -0.39 is 0 Å². The first kappa shape index (κ1) is 14.6. The highest BCUT2D eigenvalue weighted by Crippen LogP contribution is 2.27. The van der Waals surface area contributed by atoms with Crippen molar-refractivity contribution >= 4 is 11.8 Å². The summed E-state index contributed by atoms with van der Waals surface area (Å²) in [5.41, 5.74) is 6.96. The van der Waals surface area contributed by atoms with Crippen molar-refractivity contribution in [2.45, 2.75) is 43.3 Å². The number of hydrogen-bond donors (Lipinski definition) is 2. The maximum atomic E-state index is 5.48. The molecule has 0 heterocycles. The van der Waals surface area contributed by atoms with Gasteiger partial charge in [0.15, 0.2) is 0 Å². The Bertz CT molecular complexity index is 331. The second-order valence-electron chi connectivity index (χ2n) is 5.21. The summed E-state index contributed by atoms with van der Waals surface area (Å²) in [6.07, 6.45) is 0. The average molecular weight is 252 g/mol. The number of hydrogen-bond acceptors (Lipinski definition) is 3. The molecule has 0 amide bonds. The fourth-order valence-electron chi connectivity index (χ4n) is 1.74. The van der Waals surface area contributed by atoms with Crippen molar-refractivity contribution in [3.05, 3.63) is 29.8 Å². The third-order valence-electron chi connectivity index (χ3n) is 2.72. The van der Waals surface area contributed by atoms with Gasteiger partial charge in [-0.15, -0.1) is 11.8 Å². The van der Waals surface area contributed by atoms with E-state index in [-0.39, 0.29) is 5.41 Å². The summed E-state index contributed by atoms with van der Waals surface area (Å²) in [6, 6.07) is 8.88. The molecule has 0 atom stereocenters. The fraction of sp³-hybridized carbons (Fsp3) is 0.571. The van der Waals surface area contributed by atoms with Crippen molar-refractivity contribution in [1.82, 2.24) is 5.32 Å². The van der Waals surface area contributed by atoms with Crippen molar-refractivity contribution in [3.8, 4) is 0 Å². The summed E-state index contributed by atoms with van der Waals surface area (Å²) >= 11 is 1.90. The second-order valence-corrected chi connectivity index (χ2v) is 6.86. The molecule has 0 unspecified atom stereocenters. The van der Waals surface area contributed by atoms with Crippen LogP contribution in [0.15, 0.2) is 29.2 Å². The molecule has 0 bridgehead atoms. The molecule has 17 heavy (non-hydrogen) atoms. The Morgan fingerprint density at radius 3 is 2.29 bits per heavy atom. The molecule has 0 aromatic heterocycles. The molecule has 2 nitrogen and oxygen atoms in total. The van der Waals surface area contributed by atoms with E-state index >= 15 is 0 Å². The van der Waals surface area contributed by atoms with Crippen molar-refractivity contribution in [1.29, 1.82) is 0 Å². The first-order valence-electron chi connectivity index (χ1n) is 6.13. The van der Waals surface area contributed by atoms with E-state index in [0.717, 1.165) is 6.54 Å². The van der Waals surface area contributed by atoms with E-state index in [2.05, 4.69) is 57.3 Å². The van der Waals surface area contributed by atoms with E-state index in [9.17, 15) is 0 Å². The summed E-state index contributed by atoms with van der Waals surface area (Å²) in [5.74, 6) is 0. The minimum absolute atomic E-state index is 0.125. The Labute approximate surface area is 109 Å². The summed E-state index contributed by atoms with van der Waals surface area (Å²) in [4.78, 5) is 1.34. The SMILES string of the molecule is CC(C)Sc1ccc(C(C)(C)CNCN)cc1. The molecule has 0 saturated heterocycles. The molecule has 0 radical (unpaired) electrons. The van der Waals surface area contributed by atoms with E-state index in [1.165, 1.54) is 10.5 Å². The van der Waals surface area contributed by atoms with Crippen LogP contribution in [0.3, 0.4) is 0 Å². The molecule has 1 aromatic carbocycles. The fourth-order valence-corrected chi connectivity index (χ4v) is 2.58. The van der Waals surface area contributed by atoms with Gasteiger partial charge in [-0.2, -0.15) is 0 Å². The smallest absolute Gasteiger partial charge is 0.0429 e. The number of nitrogens with one attached hydrogen (secondary N) is 1. The van der Waals surface area contributed by atoms with Crippen LogP contribution in [-0.4, -0.2) is 18.5 Å². The van der Waals surface area contributed by atoms with Crippen LogP contribution >= 0.6 is 11.8 Å². The lowest BCUT2D eigenvalue weighted by Gasteiger charge is -2.25. The van der Waals surface area contributed by atoms with E-state index in [4.69, 9.17) is 5.73 Å². The van der Waals surface area contributed by atoms with Crippen LogP contribution in [0.5, 0.6) is 0 Å². The number of rotatable bonds is 6. The topological polar surface area (TPSA) is 38.0 Å². The molecule has 0 spiro atoms. The minimum atomic E-state index is 0.125. The molecule has 0 saturated carbocycles. The van der Waals surface area contributed by atoms with Gasteiger partial charge in [-0.1, -0.05) is 39.8 Å². The average Bonchev–Trinajstić information content (AvgIpc) is 2.26. The predicted molar refractivity (Wildman–Crippen MR) is 77.5 cm³/mol. The van der Waals surface area contributed by atoms with Gasteiger partial charge in [0.2, 0.25) is 0 Å². The summed E-state index contributed by atoms with van der Waals surface area (Å²) in [5, 5.41) is 3.84. The van der Waals surface area contributed by atoms with E-state index in [0.29, 0.717) is 11.9 Å². The van der Waals surface area contributed by atoms with Gasteiger partial charge in [0, 0.05) is 28.8 Å². The van der Waals surface area contributed by atoms with Crippen LogP contribution in [0, 0.1) is 0 Å². The molecule has 1 aromatic rings. The predicted octanol–water partition coefficient (Wildman–Crippen LogP) is 2.97. The van der Waals surface area contributed by atoms with Crippen LogP contribution in [0.4, 0.5) is 0 Å². The lowest BCUT2D eigenvalue weighted by molar-refractivity contribution is 0.474. The second kappa shape index (κ2) is 6.43. The maximum Gasteiger partial charge on any atom is 0.0429 e. The number of thioether (sulfide) groups is 1. The highest BCUT2D eigenvalue weighted by molar-refractivity contribution is 7.99. The van der Waals surface area contributed by atoms with Gasteiger partial charge in [0.25, 0.3) is 0 Å². The Morgan fingerprint density at radius 1 is 1.24 bits per heavy atom. The highest BCUT2D eigenvalue weighted by Gasteiger charge is 2.19. The van der Waals surface area contributed by atoms with Crippen LogP contribution in [-0.2, 0) is 5.41 Å². The number of benzene rings is 1. The van der Waals surface area contributed by atoms with Crippen molar-refractivity contribution < 1.29 is 0 Å². The Morgan fingerprint density at radius 2 is 1.82 bits per heavy atom. The molecule has 0 aliphatic rings. The first-order valence-corrected chi connectivity index (χ1v) is 7.01. The van der Waals surface area contributed by atoms with E-state index in [1.54, 1.807) is 0 Å². The van der Waals surface area contributed by atoms with Gasteiger partial charge in [0.05, 0.1) is 0 Å². The Hall–Kier alpha value is -0.510. The zero-order valence-electron chi connectivity index (χ0n) is 11.3. The van der Waals surface area contributed by atoms with Crippen LogP contribution in [0.1, 0.15) is 33.3 Å². The molecule has 96 valence electrons. The molecule has 0 aliphatic carbocycles. The summed E-state index contributed by atoms with van der Waals surface area (Å²) < 4.78 is 0. The van der Waals surface area contributed by atoms with Crippen molar-refractivity contribution in [2.24, 2.45) is 5.73 Å². The molecular formula is C14H24N2S. The normalized spacial score (nSPS) is 12.1. The third-order valence-corrected chi connectivity index (χ3v) is 3.73. The monoisotopic (exact) mass is 252 g/mol. The van der Waals surface area contributed by atoms with E-state index in [1.807, 2.05) is 11.8 Å². The van der Waals surface area contributed by atoms with Crippen LogP contribution in [0.25, 0.3) is 0 Å². The molecular weight excluding hydrogens is 228 g/mol. The van der Waals surface area contributed by atoms with Gasteiger partial charge in [-0.05, 0) is 17.7 Å². The quantitative estimate of drug-likeness (QED) is 0.604. The number of nitrogens with two attached hydrogens (primary N) is 1.